The van der Waals surface area contributed by atoms with Crippen LogP contribution in [-0.4, -0.2) is 52.6 Å². The fourth-order valence-electron chi connectivity index (χ4n) is 2.80. The van der Waals surface area contributed by atoms with Gasteiger partial charge in [0.2, 0.25) is 5.91 Å². The summed E-state index contributed by atoms with van der Waals surface area (Å²) in [4.78, 5) is 36.9. The highest BCUT2D eigenvalue weighted by atomic mass is 16.4. The van der Waals surface area contributed by atoms with Crippen LogP contribution in [0.15, 0.2) is 0 Å². The Morgan fingerprint density at radius 1 is 1.55 bits per heavy atom. The fraction of sp³-hybridized carbons (Fsp3) is 0.769. The van der Waals surface area contributed by atoms with Crippen molar-refractivity contribution in [3.63, 3.8) is 0 Å². The van der Waals surface area contributed by atoms with Gasteiger partial charge in [0.25, 0.3) is 0 Å². The van der Waals surface area contributed by atoms with Gasteiger partial charge in [-0.05, 0) is 26.2 Å². The van der Waals surface area contributed by atoms with Crippen molar-refractivity contribution in [2.45, 2.75) is 44.7 Å². The maximum atomic E-state index is 12.3. The van der Waals surface area contributed by atoms with Crippen LogP contribution < -0.4 is 10.6 Å². The Hall–Kier alpha value is -1.79. The number of aliphatic carboxylic acids is 1. The molecular formula is C13H21N3O4. The van der Waals surface area contributed by atoms with Crippen LogP contribution >= 0.6 is 0 Å². The van der Waals surface area contributed by atoms with Crippen LogP contribution in [-0.2, 0) is 9.59 Å². The van der Waals surface area contributed by atoms with Crippen molar-refractivity contribution < 1.29 is 19.5 Å². The Labute approximate surface area is 117 Å². The van der Waals surface area contributed by atoms with Gasteiger partial charge in [0, 0.05) is 13.1 Å². The first-order valence-electron chi connectivity index (χ1n) is 6.99. The van der Waals surface area contributed by atoms with E-state index in [0.717, 1.165) is 12.8 Å². The molecule has 0 aromatic carbocycles. The lowest BCUT2D eigenvalue weighted by molar-refractivity contribution is -0.144. The molecule has 3 amide bonds. The normalized spacial score (nSPS) is 28.3. The molecule has 0 spiro atoms. The molecule has 0 aromatic rings. The Balaban J connectivity index is 2.09. The first kappa shape index (κ1) is 14.6. The largest absolute Gasteiger partial charge is 0.480 e. The maximum Gasteiger partial charge on any atom is 0.329 e. The highest BCUT2D eigenvalue weighted by Crippen LogP contribution is 2.27. The number of carboxylic acids is 1. The van der Waals surface area contributed by atoms with Crippen LogP contribution in [0.25, 0.3) is 0 Å². The molecule has 2 fully saturated rings. The number of nitrogens with zero attached hydrogens (tertiary/aromatic N) is 1. The zero-order chi connectivity index (χ0) is 14.9. The van der Waals surface area contributed by atoms with E-state index >= 15 is 0 Å². The number of likely N-dealkylation sites (tertiary alicyclic amines) is 1. The van der Waals surface area contributed by atoms with Crippen LogP contribution in [0.4, 0.5) is 4.79 Å². The number of hydrogen-bond acceptors (Lipinski definition) is 3. The molecule has 3 N–H and O–H groups in total. The number of urea groups is 1. The predicted molar refractivity (Wildman–Crippen MR) is 71.1 cm³/mol. The van der Waals surface area contributed by atoms with E-state index in [1.165, 1.54) is 6.92 Å². The summed E-state index contributed by atoms with van der Waals surface area (Å²) in [6, 6.07) is -0.561. The first-order chi connectivity index (χ1) is 9.39. The second kappa shape index (κ2) is 5.30. The smallest absolute Gasteiger partial charge is 0.329 e. The number of hydrogen-bond donors (Lipinski definition) is 3. The fourth-order valence-corrected chi connectivity index (χ4v) is 2.80. The summed E-state index contributed by atoms with van der Waals surface area (Å²) < 4.78 is 0. The predicted octanol–water partition coefficient (Wildman–Crippen LogP) is 0.160. The van der Waals surface area contributed by atoms with Gasteiger partial charge in [-0.15, -0.1) is 0 Å². The molecule has 0 aliphatic carbocycles. The van der Waals surface area contributed by atoms with E-state index in [0.29, 0.717) is 19.5 Å². The summed E-state index contributed by atoms with van der Waals surface area (Å²) in [6.07, 6.45) is 1.84. The molecular weight excluding hydrogens is 262 g/mol. The molecule has 2 rings (SSSR count). The lowest BCUT2D eigenvalue weighted by Gasteiger charge is -2.38. The molecule has 2 aliphatic rings. The molecule has 112 valence electrons. The third-order valence-electron chi connectivity index (χ3n) is 4.42. The molecule has 0 aromatic heterocycles. The second-order valence-corrected chi connectivity index (χ2v) is 5.68. The van der Waals surface area contributed by atoms with Gasteiger partial charge in [0.1, 0.15) is 5.54 Å². The number of rotatable bonds is 3. The van der Waals surface area contributed by atoms with Crippen molar-refractivity contribution in [2.75, 3.05) is 13.1 Å². The van der Waals surface area contributed by atoms with E-state index in [1.54, 1.807) is 11.8 Å². The molecule has 2 aliphatic heterocycles. The first-order valence-corrected chi connectivity index (χ1v) is 6.99. The third kappa shape index (κ3) is 2.44. The van der Waals surface area contributed by atoms with Crippen LogP contribution in [0.5, 0.6) is 0 Å². The van der Waals surface area contributed by atoms with Crippen molar-refractivity contribution in [3.8, 4) is 0 Å². The summed E-state index contributed by atoms with van der Waals surface area (Å²) in [5, 5.41) is 14.6. The topological polar surface area (TPSA) is 98.7 Å². The highest BCUT2D eigenvalue weighted by Gasteiger charge is 2.44. The van der Waals surface area contributed by atoms with E-state index in [2.05, 4.69) is 10.6 Å². The van der Waals surface area contributed by atoms with Crippen molar-refractivity contribution >= 4 is 17.9 Å². The van der Waals surface area contributed by atoms with Gasteiger partial charge in [0.05, 0.1) is 12.0 Å². The molecule has 0 bridgehead atoms. The van der Waals surface area contributed by atoms with Gasteiger partial charge in [-0.25, -0.2) is 9.59 Å². The Morgan fingerprint density at radius 2 is 2.25 bits per heavy atom. The average Bonchev–Trinajstić information content (AvgIpc) is 2.80. The minimum absolute atomic E-state index is 0.0102. The quantitative estimate of drug-likeness (QED) is 0.687. The Morgan fingerprint density at radius 3 is 2.85 bits per heavy atom. The molecule has 3 atom stereocenters. The number of carbonyl (C=O) groups excluding carboxylic acids is 2. The molecule has 0 saturated carbocycles. The van der Waals surface area contributed by atoms with E-state index in [-0.39, 0.29) is 17.9 Å². The molecule has 7 nitrogen and oxygen atoms in total. The monoisotopic (exact) mass is 283 g/mol. The third-order valence-corrected chi connectivity index (χ3v) is 4.42. The lowest BCUT2D eigenvalue weighted by Crippen LogP contribution is -2.59. The Kier molecular flexibility index (Phi) is 3.87. The lowest BCUT2D eigenvalue weighted by atomic mass is 9.91. The number of carbonyl (C=O) groups is 3. The molecule has 20 heavy (non-hydrogen) atoms. The van der Waals surface area contributed by atoms with E-state index in [9.17, 15) is 19.5 Å². The van der Waals surface area contributed by atoms with Gasteiger partial charge >= 0.3 is 12.0 Å². The van der Waals surface area contributed by atoms with Crippen LogP contribution in [0.1, 0.15) is 33.1 Å². The van der Waals surface area contributed by atoms with Crippen LogP contribution in [0.2, 0.25) is 0 Å². The van der Waals surface area contributed by atoms with E-state index < -0.39 is 17.5 Å². The van der Waals surface area contributed by atoms with E-state index in [4.69, 9.17) is 0 Å². The van der Waals surface area contributed by atoms with Crippen LogP contribution in [0.3, 0.4) is 0 Å². The SMILES string of the molecule is CCC(C)(NC(=O)N1CCCC2C(=O)NCC21)C(=O)O. The number of amides is 3. The molecule has 2 heterocycles. The highest BCUT2D eigenvalue weighted by molar-refractivity contribution is 5.87. The number of fused-ring (bicyclic) bond motifs is 1. The number of carboxylic acid groups (broad SMARTS) is 1. The molecule has 2 saturated heterocycles. The summed E-state index contributed by atoms with van der Waals surface area (Å²) in [5.74, 6) is -1.22. The summed E-state index contributed by atoms with van der Waals surface area (Å²) in [7, 11) is 0. The molecule has 3 unspecified atom stereocenters. The van der Waals surface area contributed by atoms with E-state index in [1.807, 2.05) is 0 Å². The van der Waals surface area contributed by atoms with Gasteiger partial charge in [-0.3, -0.25) is 4.79 Å². The van der Waals surface area contributed by atoms with Crippen molar-refractivity contribution in [2.24, 2.45) is 5.92 Å². The maximum absolute atomic E-state index is 12.3. The molecule has 0 radical (unpaired) electrons. The van der Waals surface area contributed by atoms with Crippen molar-refractivity contribution in [3.05, 3.63) is 0 Å². The van der Waals surface area contributed by atoms with Crippen LogP contribution in [0, 0.1) is 5.92 Å². The Bertz CT molecular complexity index is 439. The molecule has 7 heteroatoms. The second-order valence-electron chi connectivity index (χ2n) is 5.68. The van der Waals surface area contributed by atoms with Gasteiger partial charge < -0.3 is 20.6 Å². The van der Waals surface area contributed by atoms with Gasteiger partial charge in [-0.1, -0.05) is 6.92 Å². The summed E-state index contributed by atoms with van der Waals surface area (Å²) in [6.45, 7) is 4.22. The zero-order valence-corrected chi connectivity index (χ0v) is 11.8. The van der Waals surface area contributed by atoms with Crippen molar-refractivity contribution in [1.82, 2.24) is 15.5 Å². The standard InChI is InChI=1S/C13H21N3O4/c1-3-13(2,11(18)19)15-12(20)16-6-4-5-8-9(16)7-14-10(8)17/h8-9H,3-7H2,1-2H3,(H,14,17)(H,15,20)(H,18,19). The van der Waals surface area contributed by atoms with Crippen molar-refractivity contribution in [1.29, 1.82) is 0 Å². The summed E-state index contributed by atoms with van der Waals surface area (Å²) >= 11 is 0. The summed E-state index contributed by atoms with van der Waals surface area (Å²) in [5.41, 5.74) is -1.28. The zero-order valence-electron chi connectivity index (χ0n) is 11.8. The van der Waals surface area contributed by atoms with Gasteiger partial charge in [-0.2, -0.15) is 0 Å². The average molecular weight is 283 g/mol. The minimum Gasteiger partial charge on any atom is -0.480 e. The minimum atomic E-state index is -1.28. The number of piperidine rings is 1. The number of nitrogens with one attached hydrogen (secondary N) is 2. The van der Waals surface area contributed by atoms with Gasteiger partial charge in [0.15, 0.2) is 0 Å².